The van der Waals surface area contributed by atoms with Gasteiger partial charge in [0.2, 0.25) is 0 Å². The zero-order valence-corrected chi connectivity index (χ0v) is 8.68. The van der Waals surface area contributed by atoms with Gasteiger partial charge in [-0.3, -0.25) is 0 Å². The average Bonchev–Trinajstić information content (AvgIpc) is 2.96. The van der Waals surface area contributed by atoms with Gasteiger partial charge in [0.05, 0.1) is 0 Å². The fourth-order valence-corrected chi connectivity index (χ4v) is 3.68. The third-order valence-corrected chi connectivity index (χ3v) is 4.51. The van der Waals surface area contributed by atoms with Crippen molar-refractivity contribution in [2.45, 2.75) is 24.9 Å². The SMILES string of the molecule is O=S(=O)(NC1CC1)NC1C2CNCC21. The number of piperidine rings is 1. The molecule has 1 heterocycles. The van der Waals surface area contributed by atoms with E-state index in [9.17, 15) is 8.42 Å². The molecule has 0 spiro atoms. The fraction of sp³-hybridized carbons (Fsp3) is 1.00. The standard InChI is InChI=1S/C8H15N3O2S/c12-14(13,10-5-1-2-5)11-8-6-3-9-4-7(6)8/h5-11H,1-4H2. The summed E-state index contributed by atoms with van der Waals surface area (Å²) in [5, 5.41) is 3.24. The highest BCUT2D eigenvalue weighted by Gasteiger charge is 2.54. The van der Waals surface area contributed by atoms with Gasteiger partial charge < -0.3 is 5.32 Å². The zero-order valence-electron chi connectivity index (χ0n) is 7.86. The number of fused-ring (bicyclic) bond motifs is 1. The highest BCUT2D eigenvalue weighted by atomic mass is 32.2. The first-order valence-electron chi connectivity index (χ1n) is 5.16. The van der Waals surface area contributed by atoms with Crippen molar-refractivity contribution in [1.82, 2.24) is 14.8 Å². The number of rotatable bonds is 4. The summed E-state index contributed by atoms with van der Waals surface area (Å²) in [6.07, 6.45) is 1.97. The molecule has 0 aromatic heterocycles. The summed E-state index contributed by atoms with van der Waals surface area (Å²) >= 11 is 0. The predicted molar refractivity (Wildman–Crippen MR) is 51.9 cm³/mol. The lowest BCUT2D eigenvalue weighted by Crippen LogP contribution is -2.41. The van der Waals surface area contributed by atoms with Crippen LogP contribution in [0.3, 0.4) is 0 Å². The van der Waals surface area contributed by atoms with Crippen LogP contribution in [-0.4, -0.2) is 33.6 Å². The first-order valence-corrected chi connectivity index (χ1v) is 6.64. The van der Waals surface area contributed by atoms with Crippen LogP contribution in [-0.2, 0) is 10.2 Å². The van der Waals surface area contributed by atoms with Crippen LogP contribution in [0.4, 0.5) is 0 Å². The molecule has 3 aliphatic rings. The Morgan fingerprint density at radius 1 is 1.07 bits per heavy atom. The Labute approximate surface area is 83.8 Å². The van der Waals surface area contributed by atoms with Crippen molar-refractivity contribution in [2.75, 3.05) is 13.1 Å². The second kappa shape index (κ2) is 2.91. The largest absolute Gasteiger partial charge is 0.316 e. The summed E-state index contributed by atoms with van der Waals surface area (Å²) in [5.41, 5.74) is 0. The normalized spacial score (nSPS) is 41.0. The van der Waals surface area contributed by atoms with Gasteiger partial charge in [-0.05, 0) is 37.8 Å². The van der Waals surface area contributed by atoms with Gasteiger partial charge in [-0.2, -0.15) is 17.9 Å². The van der Waals surface area contributed by atoms with Gasteiger partial charge in [0, 0.05) is 12.1 Å². The molecule has 0 aromatic carbocycles. The van der Waals surface area contributed by atoms with Crippen LogP contribution >= 0.6 is 0 Å². The van der Waals surface area contributed by atoms with Gasteiger partial charge >= 0.3 is 0 Å². The van der Waals surface area contributed by atoms with Crippen LogP contribution in [0, 0.1) is 11.8 Å². The fourth-order valence-electron chi connectivity index (χ4n) is 2.23. The molecule has 2 unspecified atom stereocenters. The van der Waals surface area contributed by atoms with E-state index in [1.54, 1.807) is 0 Å². The molecule has 3 fully saturated rings. The van der Waals surface area contributed by atoms with Crippen molar-refractivity contribution in [3.05, 3.63) is 0 Å². The summed E-state index contributed by atoms with van der Waals surface area (Å²) in [6.45, 7) is 1.92. The van der Waals surface area contributed by atoms with Gasteiger partial charge in [0.15, 0.2) is 0 Å². The summed E-state index contributed by atoms with van der Waals surface area (Å²) in [4.78, 5) is 0. The van der Waals surface area contributed by atoms with Crippen molar-refractivity contribution in [2.24, 2.45) is 11.8 Å². The van der Waals surface area contributed by atoms with E-state index in [2.05, 4.69) is 14.8 Å². The Morgan fingerprint density at radius 2 is 1.71 bits per heavy atom. The van der Waals surface area contributed by atoms with Crippen LogP contribution in [0.2, 0.25) is 0 Å². The molecule has 14 heavy (non-hydrogen) atoms. The van der Waals surface area contributed by atoms with E-state index in [4.69, 9.17) is 0 Å². The second-order valence-corrected chi connectivity index (χ2v) is 6.00. The number of hydrogen-bond acceptors (Lipinski definition) is 3. The molecule has 3 N–H and O–H groups in total. The molecule has 0 amide bonds. The van der Waals surface area contributed by atoms with Crippen LogP contribution in [0.5, 0.6) is 0 Å². The lowest BCUT2D eigenvalue weighted by atomic mass is 10.4. The molecular formula is C8H15N3O2S. The van der Waals surface area contributed by atoms with Crippen LogP contribution in [0.25, 0.3) is 0 Å². The van der Waals surface area contributed by atoms with E-state index < -0.39 is 10.2 Å². The molecule has 80 valence electrons. The van der Waals surface area contributed by atoms with Crippen LogP contribution in [0.15, 0.2) is 0 Å². The maximum atomic E-state index is 11.5. The van der Waals surface area contributed by atoms with E-state index in [0.717, 1.165) is 25.9 Å². The van der Waals surface area contributed by atoms with Crippen molar-refractivity contribution in [1.29, 1.82) is 0 Å². The lowest BCUT2D eigenvalue weighted by molar-refractivity contribution is 0.551. The molecule has 3 rings (SSSR count). The topological polar surface area (TPSA) is 70.2 Å². The smallest absolute Gasteiger partial charge is 0.277 e. The van der Waals surface area contributed by atoms with Gasteiger partial charge in [0.1, 0.15) is 0 Å². The Kier molecular flexibility index (Phi) is 1.89. The van der Waals surface area contributed by atoms with Crippen LogP contribution in [0.1, 0.15) is 12.8 Å². The predicted octanol–water partition coefficient (Wildman–Crippen LogP) is -1.21. The van der Waals surface area contributed by atoms with Crippen molar-refractivity contribution < 1.29 is 8.42 Å². The Bertz CT molecular complexity index is 328. The van der Waals surface area contributed by atoms with Crippen molar-refractivity contribution >= 4 is 10.2 Å². The molecule has 0 radical (unpaired) electrons. The molecule has 2 atom stereocenters. The van der Waals surface area contributed by atoms with E-state index >= 15 is 0 Å². The van der Waals surface area contributed by atoms with E-state index in [-0.39, 0.29) is 12.1 Å². The maximum absolute atomic E-state index is 11.5. The molecule has 1 saturated heterocycles. The molecule has 1 aliphatic heterocycles. The van der Waals surface area contributed by atoms with Gasteiger partial charge in [-0.25, -0.2) is 0 Å². The maximum Gasteiger partial charge on any atom is 0.277 e. The summed E-state index contributed by atoms with van der Waals surface area (Å²) in [7, 11) is -3.22. The van der Waals surface area contributed by atoms with Crippen LogP contribution < -0.4 is 14.8 Å². The lowest BCUT2D eigenvalue weighted by Gasteiger charge is -2.08. The number of nitrogens with one attached hydrogen (secondary N) is 3. The molecule has 2 saturated carbocycles. The van der Waals surface area contributed by atoms with Gasteiger partial charge in [0.25, 0.3) is 10.2 Å². The second-order valence-electron chi connectivity index (χ2n) is 4.53. The third-order valence-electron chi connectivity index (χ3n) is 3.28. The number of hydrogen-bond donors (Lipinski definition) is 3. The molecule has 6 heteroatoms. The first-order chi connectivity index (χ1) is 6.66. The minimum atomic E-state index is -3.22. The van der Waals surface area contributed by atoms with Gasteiger partial charge in [-0.15, -0.1) is 0 Å². The Morgan fingerprint density at radius 3 is 2.29 bits per heavy atom. The quantitative estimate of drug-likeness (QED) is 0.553. The highest BCUT2D eigenvalue weighted by Crippen LogP contribution is 2.41. The molecule has 0 bridgehead atoms. The third kappa shape index (κ3) is 1.67. The first kappa shape index (κ1) is 9.08. The molecule has 2 aliphatic carbocycles. The summed E-state index contributed by atoms with van der Waals surface area (Å²) in [6, 6.07) is 0.386. The van der Waals surface area contributed by atoms with E-state index in [1.165, 1.54) is 0 Å². The van der Waals surface area contributed by atoms with Gasteiger partial charge in [-0.1, -0.05) is 0 Å². The van der Waals surface area contributed by atoms with Crippen molar-refractivity contribution in [3.63, 3.8) is 0 Å². The molecule has 0 aromatic rings. The minimum absolute atomic E-state index is 0.187. The molecule has 5 nitrogen and oxygen atoms in total. The average molecular weight is 217 g/mol. The monoisotopic (exact) mass is 217 g/mol. The zero-order chi connectivity index (χ0) is 9.76. The Hall–Kier alpha value is -0.170. The minimum Gasteiger partial charge on any atom is -0.316 e. The Balaban J connectivity index is 1.56. The van der Waals surface area contributed by atoms with E-state index in [0.29, 0.717) is 11.8 Å². The van der Waals surface area contributed by atoms with Crippen molar-refractivity contribution in [3.8, 4) is 0 Å². The summed E-state index contributed by atoms with van der Waals surface area (Å²) in [5.74, 6) is 1.07. The highest BCUT2D eigenvalue weighted by molar-refractivity contribution is 7.87. The van der Waals surface area contributed by atoms with E-state index in [1.807, 2.05) is 0 Å². The molecular weight excluding hydrogens is 202 g/mol. The summed E-state index contributed by atoms with van der Waals surface area (Å²) < 4.78 is 28.4.